The predicted molar refractivity (Wildman–Crippen MR) is 79.5 cm³/mol. The summed E-state index contributed by atoms with van der Waals surface area (Å²) in [5, 5.41) is 2.82. The fourth-order valence-corrected chi connectivity index (χ4v) is 2.04. The van der Waals surface area contributed by atoms with Crippen molar-refractivity contribution in [3.8, 4) is 5.88 Å². The zero-order valence-electron chi connectivity index (χ0n) is 10.6. The fourth-order valence-electron chi connectivity index (χ4n) is 1.55. The Hall–Kier alpha value is -1.72. The van der Waals surface area contributed by atoms with Crippen LogP contribution < -0.4 is 15.8 Å². The average molecular weight is 316 g/mol. The first-order chi connectivity index (χ1) is 9.51. The summed E-state index contributed by atoms with van der Waals surface area (Å²) in [5.41, 5.74) is 6.68. The first kappa shape index (κ1) is 14.7. The molecular weight excluding hydrogens is 304 g/mol. The Bertz CT molecular complexity index is 614. The number of hydrogen-bond donors (Lipinski definition) is 2. The summed E-state index contributed by atoms with van der Waals surface area (Å²) in [4.78, 5) is 4.20. The Kier molecular flexibility index (Phi) is 4.52. The molecule has 0 bridgehead atoms. The van der Waals surface area contributed by atoms with Crippen LogP contribution in [0.3, 0.4) is 0 Å². The van der Waals surface area contributed by atoms with E-state index >= 15 is 0 Å². The number of hydrogen-bond acceptors (Lipinski definition) is 4. The first-order valence-corrected chi connectivity index (χ1v) is 6.57. The summed E-state index contributed by atoms with van der Waals surface area (Å²) in [7, 11) is 0. The molecule has 2 aromatic rings. The maximum Gasteiger partial charge on any atom is 0.239 e. The van der Waals surface area contributed by atoms with Gasteiger partial charge in [0.15, 0.2) is 5.82 Å². The molecule has 0 radical (unpaired) electrons. The molecule has 0 amide bonds. The van der Waals surface area contributed by atoms with Gasteiger partial charge >= 0.3 is 0 Å². The SMILES string of the molecule is CCOc1nc(Nc2cc(Cl)c(F)c(Cl)c2)ccc1N. The lowest BCUT2D eigenvalue weighted by molar-refractivity contribution is 0.329. The maximum absolute atomic E-state index is 13.3. The van der Waals surface area contributed by atoms with Crippen LogP contribution in [-0.2, 0) is 0 Å². The van der Waals surface area contributed by atoms with E-state index in [1.165, 1.54) is 12.1 Å². The number of rotatable bonds is 4. The average Bonchev–Trinajstić information content (AvgIpc) is 2.40. The van der Waals surface area contributed by atoms with Crippen LogP contribution in [0.5, 0.6) is 5.88 Å². The van der Waals surface area contributed by atoms with Gasteiger partial charge in [-0.3, -0.25) is 0 Å². The molecule has 7 heteroatoms. The molecule has 0 aliphatic rings. The molecule has 0 aliphatic carbocycles. The van der Waals surface area contributed by atoms with Gasteiger partial charge < -0.3 is 15.8 Å². The number of pyridine rings is 1. The molecule has 1 heterocycles. The van der Waals surface area contributed by atoms with Crippen molar-refractivity contribution in [2.24, 2.45) is 0 Å². The summed E-state index contributed by atoms with van der Waals surface area (Å²) in [6.07, 6.45) is 0. The van der Waals surface area contributed by atoms with Crippen molar-refractivity contribution >= 4 is 40.4 Å². The molecule has 20 heavy (non-hydrogen) atoms. The van der Waals surface area contributed by atoms with E-state index in [2.05, 4.69) is 10.3 Å². The molecule has 106 valence electrons. The van der Waals surface area contributed by atoms with Crippen LogP contribution in [0.2, 0.25) is 10.0 Å². The van der Waals surface area contributed by atoms with Gasteiger partial charge in [0.1, 0.15) is 5.82 Å². The smallest absolute Gasteiger partial charge is 0.239 e. The Labute approximate surface area is 125 Å². The molecule has 0 aliphatic heterocycles. The fraction of sp³-hybridized carbons (Fsp3) is 0.154. The van der Waals surface area contributed by atoms with Crippen LogP contribution in [0.1, 0.15) is 6.92 Å². The zero-order valence-corrected chi connectivity index (χ0v) is 12.1. The number of anilines is 3. The summed E-state index contributed by atoms with van der Waals surface area (Å²) < 4.78 is 18.6. The second-order valence-electron chi connectivity index (χ2n) is 3.90. The van der Waals surface area contributed by atoms with Gasteiger partial charge in [-0.25, -0.2) is 4.39 Å². The minimum Gasteiger partial charge on any atom is -0.476 e. The molecule has 0 saturated heterocycles. The van der Waals surface area contributed by atoms with Crippen molar-refractivity contribution in [3.05, 3.63) is 40.1 Å². The summed E-state index contributed by atoms with van der Waals surface area (Å²) in [5.74, 6) is 0.164. The van der Waals surface area contributed by atoms with E-state index in [1.807, 2.05) is 6.92 Å². The zero-order chi connectivity index (χ0) is 14.7. The Morgan fingerprint density at radius 2 is 1.95 bits per heavy atom. The highest BCUT2D eigenvalue weighted by Crippen LogP contribution is 2.29. The first-order valence-electron chi connectivity index (χ1n) is 5.82. The third-order valence-electron chi connectivity index (χ3n) is 2.43. The van der Waals surface area contributed by atoms with Crippen molar-refractivity contribution in [2.75, 3.05) is 17.7 Å². The monoisotopic (exact) mass is 315 g/mol. The lowest BCUT2D eigenvalue weighted by Gasteiger charge is -2.10. The molecule has 0 fully saturated rings. The molecular formula is C13H12Cl2FN3O. The topological polar surface area (TPSA) is 60.2 Å². The Balaban J connectivity index is 2.28. The molecule has 0 saturated carbocycles. The van der Waals surface area contributed by atoms with Crippen LogP contribution in [0.4, 0.5) is 21.6 Å². The molecule has 0 atom stereocenters. The lowest BCUT2D eigenvalue weighted by atomic mass is 10.3. The van der Waals surface area contributed by atoms with Gasteiger partial charge in [-0.15, -0.1) is 0 Å². The van der Waals surface area contributed by atoms with Crippen LogP contribution in [0.25, 0.3) is 0 Å². The number of nitrogen functional groups attached to an aromatic ring is 1. The second kappa shape index (κ2) is 6.15. The normalized spacial score (nSPS) is 10.4. The molecule has 1 aromatic carbocycles. The maximum atomic E-state index is 13.3. The minimum atomic E-state index is -0.654. The van der Waals surface area contributed by atoms with Gasteiger partial charge in [-0.2, -0.15) is 4.98 Å². The van der Waals surface area contributed by atoms with Crippen LogP contribution in [-0.4, -0.2) is 11.6 Å². The van der Waals surface area contributed by atoms with Crippen LogP contribution in [0, 0.1) is 5.82 Å². The van der Waals surface area contributed by atoms with E-state index in [-0.39, 0.29) is 10.0 Å². The van der Waals surface area contributed by atoms with Gasteiger partial charge in [0.25, 0.3) is 0 Å². The molecule has 1 aromatic heterocycles. The van der Waals surface area contributed by atoms with Crippen LogP contribution in [0.15, 0.2) is 24.3 Å². The lowest BCUT2D eigenvalue weighted by Crippen LogP contribution is -2.02. The van der Waals surface area contributed by atoms with Gasteiger partial charge in [0, 0.05) is 5.69 Å². The number of nitrogens with zero attached hydrogens (tertiary/aromatic N) is 1. The summed E-state index contributed by atoms with van der Waals surface area (Å²) >= 11 is 11.5. The summed E-state index contributed by atoms with van der Waals surface area (Å²) in [6, 6.07) is 6.17. The number of ether oxygens (including phenoxy) is 1. The van der Waals surface area contributed by atoms with Gasteiger partial charge in [0.2, 0.25) is 5.88 Å². The molecule has 0 spiro atoms. The van der Waals surface area contributed by atoms with Crippen molar-refractivity contribution < 1.29 is 9.13 Å². The predicted octanol–water partition coefficient (Wildman–Crippen LogP) is 4.25. The number of nitrogens with one attached hydrogen (secondary N) is 1. The molecule has 0 unspecified atom stereocenters. The van der Waals surface area contributed by atoms with Gasteiger partial charge in [-0.05, 0) is 31.2 Å². The minimum absolute atomic E-state index is 0.0690. The molecule has 3 N–H and O–H groups in total. The third kappa shape index (κ3) is 3.23. The quantitative estimate of drug-likeness (QED) is 0.828. The van der Waals surface area contributed by atoms with Gasteiger partial charge in [-0.1, -0.05) is 23.2 Å². The largest absolute Gasteiger partial charge is 0.476 e. The number of nitrogens with two attached hydrogens (primary N) is 1. The third-order valence-corrected chi connectivity index (χ3v) is 2.98. The molecule has 2 rings (SSSR count). The number of halogens is 3. The molecule has 4 nitrogen and oxygen atoms in total. The van der Waals surface area contributed by atoms with E-state index in [4.69, 9.17) is 33.7 Å². The van der Waals surface area contributed by atoms with E-state index < -0.39 is 5.82 Å². The van der Waals surface area contributed by atoms with E-state index in [0.29, 0.717) is 29.7 Å². The van der Waals surface area contributed by atoms with Crippen molar-refractivity contribution in [1.29, 1.82) is 0 Å². The number of benzene rings is 1. The van der Waals surface area contributed by atoms with E-state index in [0.717, 1.165) is 0 Å². The van der Waals surface area contributed by atoms with Gasteiger partial charge in [0.05, 0.1) is 22.3 Å². The summed E-state index contributed by atoms with van der Waals surface area (Å²) in [6.45, 7) is 2.29. The highest BCUT2D eigenvalue weighted by Gasteiger charge is 2.09. The van der Waals surface area contributed by atoms with E-state index in [1.54, 1.807) is 12.1 Å². The Morgan fingerprint density at radius 3 is 2.55 bits per heavy atom. The van der Waals surface area contributed by atoms with E-state index in [9.17, 15) is 4.39 Å². The number of aromatic nitrogens is 1. The van der Waals surface area contributed by atoms with Crippen molar-refractivity contribution in [2.45, 2.75) is 6.92 Å². The van der Waals surface area contributed by atoms with Crippen molar-refractivity contribution in [1.82, 2.24) is 4.98 Å². The Morgan fingerprint density at radius 1 is 1.30 bits per heavy atom. The van der Waals surface area contributed by atoms with Crippen molar-refractivity contribution in [3.63, 3.8) is 0 Å². The van der Waals surface area contributed by atoms with Crippen LogP contribution >= 0.6 is 23.2 Å². The highest BCUT2D eigenvalue weighted by atomic mass is 35.5. The standard InChI is InChI=1S/C13H12Cl2FN3O/c1-2-20-13-10(17)3-4-11(19-13)18-7-5-8(14)12(16)9(15)6-7/h3-6H,2,17H2,1H3,(H,18,19). The highest BCUT2D eigenvalue weighted by molar-refractivity contribution is 6.35. The second-order valence-corrected chi connectivity index (χ2v) is 4.72.